The molecule has 17 heavy (non-hydrogen) atoms. The van der Waals surface area contributed by atoms with Gasteiger partial charge in [0.15, 0.2) is 0 Å². The molecule has 88 valence electrons. The zero-order valence-electron chi connectivity index (χ0n) is 8.40. The molecule has 2 aromatic rings. The normalized spacial score (nSPS) is 10.3. The second-order valence-corrected chi connectivity index (χ2v) is 4.57. The van der Waals surface area contributed by atoms with E-state index in [0.717, 1.165) is 10.0 Å². The predicted molar refractivity (Wildman–Crippen MR) is 68.3 cm³/mol. The van der Waals surface area contributed by atoms with E-state index in [1.807, 2.05) is 24.3 Å². The fourth-order valence-corrected chi connectivity index (χ4v) is 1.88. The molecule has 0 spiro atoms. The van der Waals surface area contributed by atoms with Crippen molar-refractivity contribution in [3.05, 3.63) is 44.9 Å². The van der Waals surface area contributed by atoms with Crippen molar-refractivity contribution in [2.24, 2.45) is 0 Å². The van der Waals surface area contributed by atoms with E-state index >= 15 is 0 Å². The minimum absolute atomic E-state index is 0.00660. The lowest BCUT2D eigenvalue weighted by atomic mass is 10.2. The molecule has 4 nitrogen and oxygen atoms in total. The van der Waals surface area contributed by atoms with Gasteiger partial charge in [-0.25, -0.2) is 0 Å². The summed E-state index contributed by atoms with van der Waals surface area (Å²) < 4.78 is 6.32. The molecule has 1 heterocycles. The van der Waals surface area contributed by atoms with Gasteiger partial charge in [0.1, 0.15) is 6.61 Å². The van der Waals surface area contributed by atoms with Gasteiger partial charge in [0.2, 0.25) is 10.6 Å². The first-order valence-electron chi connectivity index (χ1n) is 4.58. The van der Waals surface area contributed by atoms with Crippen LogP contribution in [0, 0.1) is 0 Å². The summed E-state index contributed by atoms with van der Waals surface area (Å²) in [5, 5.41) is 0.0132. The number of benzene rings is 1. The average molecular weight is 335 g/mol. The molecule has 0 amide bonds. The van der Waals surface area contributed by atoms with E-state index in [-0.39, 0.29) is 16.6 Å². The lowest BCUT2D eigenvalue weighted by Crippen LogP contribution is -2.01. The number of nitrogens with zero attached hydrogens (tertiary/aromatic N) is 3. The number of ether oxygens (including phenoxy) is 1. The molecule has 0 radical (unpaired) electrons. The van der Waals surface area contributed by atoms with Crippen molar-refractivity contribution in [2.75, 3.05) is 0 Å². The average Bonchev–Trinajstić information content (AvgIpc) is 2.27. The fraction of sp³-hybridized carbons (Fsp3) is 0.100. The number of rotatable bonds is 3. The number of halogens is 3. The monoisotopic (exact) mass is 333 g/mol. The topological polar surface area (TPSA) is 47.9 Å². The van der Waals surface area contributed by atoms with Crippen LogP contribution in [-0.2, 0) is 6.61 Å². The SMILES string of the molecule is Clc1nc(Cl)nc(OCc2ccccc2Br)n1. The van der Waals surface area contributed by atoms with Gasteiger partial charge in [-0.2, -0.15) is 15.0 Å². The lowest BCUT2D eigenvalue weighted by Gasteiger charge is -2.06. The van der Waals surface area contributed by atoms with Gasteiger partial charge >= 0.3 is 6.01 Å². The Balaban J connectivity index is 2.10. The smallest absolute Gasteiger partial charge is 0.322 e. The summed E-state index contributed by atoms with van der Waals surface area (Å²) in [4.78, 5) is 11.2. The summed E-state index contributed by atoms with van der Waals surface area (Å²) in [7, 11) is 0. The van der Waals surface area contributed by atoms with Gasteiger partial charge in [-0.15, -0.1) is 0 Å². The first-order valence-corrected chi connectivity index (χ1v) is 6.13. The summed E-state index contributed by atoms with van der Waals surface area (Å²) in [5.74, 6) is 0. The Labute approximate surface area is 116 Å². The molecule has 0 N–H and O–H groups in total. The van der Waals surface area contributed by atoms with Crippen molar-refractivity contribution in [3.63, 3.8) is 0 Å². The van der Waals surface area contributed by atoms with E-state index in [1.54, 1.807) is 0 Å². The van der Waals surface area contributed by atoms with Gasteiger partial charge in [-0.1, -0.05) is 34.1 Å². The van der Waals surface area contributed by atoms with Gasteiger partial charge in [0, 0.05) is 10.0 Å². The molecular formula is C10H6BrCl2N3O. The van der Waals surface area contributed by atoms with Crippen molar-refractivity contribution in [3.8, 4) is 6.01 Å². The summed E-state index contributed by atoms with van der Waals surface area (Å²) in [5.41, 5.74) is 0.972. The van der Waals surface area contributed by atoms with Gasteiger partial charge in [-0.3, -0.25) is 0 Å². The third kappa shape index (κ3) is 3.52. The second-order valence-electron chi connectivity index (χ2n) is 3.04. The highest BCUT2D eigenvalue weighted by atomic mass is 79.9. The number of aromatic nitrogens is 3. The molecule has 0 unspecified atom stereocenters. The Morgan fingerprint density at radius 2 is 1.71 bits per heavy atom. The highest BCUT2D eigenvalue weighted by Crippen LogP contribution is 2.18. The fourth-order valence-electron chi connectivity index (χ4n) is 1.13. The summed E-state index contributed by atoms with van der Waals surface area (Å²) in [6.07, 6.45) is 0. The maximum Gasteiger partial charge on any atom is 0.322 e. The molecule has 0 aliphatic heterocycles. The predicted octanol–water partition coefficient (Wildman–Crippen LogP) is 3.52. The van der Waals surface area contributed by atoms with E-state index in [9.17, 15) is 0 Å². The third-order valence-electron chi connectivity index (χ3n) is 1.87. The van der Waals surface area contributed by atoms with E-state index in [4.69, 9.17) is 27.9 Å². The van der Waals surface area contributed by atoms with Crippen molar-refractivity contribution >= 4 is 39.1 Å². The Hall–Kier alpha value is -0.910. The van der Waals surface area contributed by atoms with E-state index in [1.165, 1.54) is 0 Å². The summed E-state index contributed by atoms with van der Waals surface area (Å²) in [6, 6.07) is 7.78. The van der Waals surface area contributed by atoms with Crippen LogP contribution in [0.1, 0.15) is 5.56 Å². The van der Waals surface area contributed by atoms with Crippen LogP contribution in [0.15, 0.2) is 28.7 Å². The molecule has 0 aliphatic rings. The minimum Gasteiger partial charge on any atom is -0.458 e. The van der Waals surface area contributed by atoms with Crippen LogP contribution in [-0.4, -0.2) is 15.0 Å². The van der Waals surface area contributed by atoms with E-state index in [0.29, 0.717) is 6.61 Å². The largest absolute Gasteiger partial charge is 0.458 e. The highest BCUT2D eigenvalue weighted by Gasteiger charge is 2.05. The maximum atomic E-state index is 5.63. The Morgan fingerprint density at radius 3 is 2.35 bits per heavy atom. The van der Waals surface area contributed by atoms with E-state index < -0.39 is 0 Å². The zero-order valence-corrected chi connectivity index (χ0v) is 11.5. The minimum atomic E-state index is 0.00660. The molecule has 7 heteroatoms. The first-order chi connectivity index (χ1) is 8.15. The quantitative estimate of drug-likeness (QED) is 0.861. The molecule has 1 aromatic carbocycles. The number of hydrogen-bond acceptors (Lipinski definition) is 4. The highest BCUT2D eigenvalue weighted by molar-refractivity contribution is 9.10. The van der Waals surface area contributed by atoms with Crippen LogP contribution >= 0.6 is 39.1 Å². The van der Waals surface area contributed by atoms with Crippen LogP contribution in [0.5, 0.6) is 6.01 Å². The first kappa shape index (κ1) is 12.5. The summed E-state index contributed by atoms with van der Waals surface area (Å²) >= 11 is 14.7. The van der Waals surface area contributed by atoms with Crippen molar-refractivity contribution < 1.29 is 4.74 Å². The molecule has 0 fully saturated rings. The molecule has 0 saturated heterocycles. The van der Waals surface area contributed by atoms with E-state index in [2.05, 4.69) is 30.9 Å². The standard InChI is InChI=1S/C10H6BrCl2N3O/c11-7-4-2-1-3-6(7)5-17-10-15-8(12)14-9(13)16-10/h1-4H,5H2. The molecular weight excluding hydrogens is 329 g/mol. The molecule has 1 aromatic heterocycles. The lowest BCUT2D eigenvalue weighted by molar-refractivity contribution is 0.279. The third-order valence-corrected chi connectivity index (χ3v) is 2.99. The Kier molecular flexibility index (Phi) is 4.15. The second kappa shape index (κ2) is 5.62. The Morgan fingerprint density at radius 1 is 1.06 bits per heavy atom. The van der Waals surface area contributed by atoms with Crippen molar-refractivity contribution in [1.82, 2.24) is 15.0 Å². The molecule has 2 rings (SSSR count). The van der Waals surface area contributed by atoms with Crippen LogP contribution in [0.25, 0.3) is 0 Å². The molecule has 0 aliphatic carbocycles. The van der Waals surface area contributed by atoms with Gasteiger partial charge in [-0.05, 0) is 29.3 Å². The van der Waals surface area contributed by atoms with Gasteiger partial charge < -0.3 is 4.74 Å². The van der Waals surface area contributed by atoms with Crippen LogP contribution in [0.2, 0.25) is 10.6 Å². The Bertz CT molecular complexity index is 518. The zero-order chi connectivity index (χ0) is 12.3. The molecule has 0 bridgehead atoms. The van der Waals surface area contributed by atoms with Crippen LogP contribution in [0.3, 0.4) is 0 Å². The van der Waals surface area contributed by atoms with Crippen molar-refractivity contribution in [2.45, 2.75) is 6.61 Å². The van der Waals surface area contributed by atoms with Crippen LogP contribution in [0.4, 0.5) is 0 Å². The van der Waals surface area contributed by atoms with Crippen LogP contribution < -0.4 is 4.74 Å². The van der Waals surface area contributed by atoms with Gasteiger partial charge in [0.05, 0.1) is 0 Å². The number of hydrogen-bond donors (Lipinski definition) is 0. The molecule has 0 saturated carbocycles. The summed E-state index contributed by atoms with van der Waals surface area (Å²) in [6.45, 7) is 0.318. The molecule has 0 atom stereocenters. The van der Waals surface area contributed by atoms with Gasteiger partial charge in [0.25, 0.3) is 0 Å². The van der Waals surface area contributed by atoms with Crippen molar-refractivity contribution in [1.29, 1.82) is 0 Å². The maximum absolute atomic E-state index is 5.63.